The molecule has 1 saturated carbocycles. The molecular weight excluding hydrogens is 326 g/mol. The first-order valence-electron chi connectivity index (χ1n) is 9.58. The Labute approximate surface area is 155 Å². The smallest absolute Gasteiger partial charge is 0.200 e. The molecule has 6 nitrogen and oxygen atoms in total. The fraction of sp³-hybridized carbons (Fsp3) is 0.600. The molecule has 1 aromatic rings. The fourth-order valence-corrected chi connectivity index (χ4v) is 5.68. The van der Waals surface area contributed by atoms with Gasteiger partial charge in [0.2, 0.25) is 5.96 Å². The van der Waals surface area contributed by atoms with Gasteiger partial charge in [0.25, 0.3) is 0 Å². The third-order valence-electron chi connectivity index (χ3n) is 7.00. The molecule has 6 heteroatoms. The van der Waals surface area contributed by atoms with Gasteiger partial charge in [0, 0.05) is 25.0 Å². The van der Waals surface area contributed by atoms with E-state index in [9.17, 15) is 0 Å². The van der Waals surface area contributed by atoms with Gasteiger partial charge in [-0.2, -0.15) is 0 Å². The summed E-state index contributed by atoms with van der Waals surface area (Å²) in [6.07, 6.45) is 7.02. The van der Waals surface area contributed by atoms with E-state index >= 15 is 0 Å². The van der Waals surface area contributed by atoms with Crippen molar-refractivity contribution >= 4 is 11.9 Å². The highest BCUT2D eigenvalue weighted by Crippen LogP contribution is 2.56. The second-order valence-electron chi connectivity index (χ2n) is 8.01. The van der Waals surface area contributed by atoms with Crippen LogP contribution in [0.25, 0.3) is 0 Å². The predicted octanol–water partition coefficient (Wildman–Crippen LogP) is 2.51. The van der Waals surface area contributed by atoms with Gasteiger partial charge in [0.1, 0.15) is 5.75 Å². The number of fused-ring (bicyclic) bond motifs is 1. The molecule has 3 unspecified atom stereocenters. The monoisotopic (exact) mass is 355 g/mol. The zero-order valence-electron chi connectivity index (χ0n) is 15.7. The van der Waals surface area contributed by atoms with E-state index in [0.717, 1.165) is 25.1 Å². The summed E-state index contributed by atoms with van der Waals surface area (Å²) in [5.41, 5.74) is 8.75. The first-order valence-corrected chi connectivity index (χ1v) is 9.58. The van der Waals surface area contributed by atoms with Crippen molar-refractivity contribution < 1.29 is 4.74 Å². The molecule has 0 aromatic heterocycles. The Hall–Kier alpha value is -2.24. The van der Waals surface area contributed by atoms with E-state index in [1.807, 2.05) is 0 Å². The van der Waals surface area contributed by atoms with Gasteiger partial charge in [-0.3, -0.25) is 15.7 Å². The summed E-state index contributed by atoms with van der Waals surface area (Å²) in [7, 11) is 3.46. The maximum atomic E-state index is 8.61. The number of rotatable bonds is 1. The molecule has 140 valence electrons. The third-order valence-corrected chi connectivity index (χ3v) is 7.00. The van der Waals surface area contributed by atoms with Gasteiger partial charge in [0.05, 0.1) is 7.11 Å². The number of nitrogens with zero attached hydrogens (tertiary/aromatic N) is 2. The zero-order chi connectivity index (χ0) is 18.5. The zero-order valence-corrected chi connectivity index (χ0v) is 15.7. The maximum absolute atomic E-state index is 8.61. The van der Waals surface area contributed by atoms with Crippen LogP contribution in [0.1, 0.15) is 43.2 Å². The number of benzene rings is 1. The van der Waals surface area contributed by atoms with Gasteiger partial charge < -0.3 is 15.4 Å². The molecule has 3 aliphatic rings. The lowest BCUT2D eigenvalue weighted by molar-refractivity contribution is 0.0203. The van der Waals surface area contributed by atoms with E-state index < -0.39 is 0 Å². The first kappa shape index (κ1) is 17.2. The van der Waals surface area contributed by atoms with Crippen LogP contribution in [-0.4, -0.2) is 48.5 Å². The highest BCUT2D eigenvalue weighted by molar-refractivity contribution is 5.95. The van der Waals surface area contributed by atoms with E-state index in [1.54, 1.807) is 14.2 Å². The lowest BCUT2D eigenvalue weighted by Crippen LogP contribution is -2.64. The first-order chi connectivity index (χ1) is 12.5. The summed E-state index contributed by atoms with van der Waals surface area (Å²) in [4.78, 5) is 3.68. The minimum absolute atomic E-state index is 0.0728. The molecule has 2 bridgehead atoms. The lowest BCUT2D eigenvalue weighted by atomic mass is 9.52. The number of methoxy groups -OCH3 is 1. The van der Waals surface area contributed by atoms with Crippen molar-refractivity contribution in [2.24, 2.45) is 11.7 Å². The number of nitrogens with one attached hydrogen (secondary N) is 2. The van der Waals surface area contributed by atoms with Crippen LogP contribution in [0.15, 0.2) is 18.2 Å². The average molecular weight is 355 g/mol. The van der Waals surface area contributed by atoms with Gasteiger partial charge in [0.15, 0.2) is 5.96 Å². The summed E-state index contributed by atoms with van der Waals surface area (Å²) in [6.45, 7) is 0.855. The van der Waals surface area contributed by atoms with Crippen LogP contribution in [0.5, 0.6) is 5.75 Å². The topological polar surface area (TPSA) is 89.4 Å². The van der Waals surface area contributed by atoms with Gasteiger partial charge >= 0.3 is 0 Å². The maximum Gasteiger partial charge on any atom is 0.200 e. The summed E-state index contributed by atoms with van der Waals surface area (Å²) in [5.74, 6) is 1.80. The van der Waals surface area contributed by atoms with Crippen LogP contribution < -0.4 is 10.5 Å². The van der Waals surface area contributed by atoms with Crippen molar-refractivity contribution in [2.75, 3.05) is 20.7 Å². The van der Waals surface area contributed by atoms with Gasteiger partial charge in [-0.05, 0) is 54.9 Å². The molecule has 1 aliphatic heterocycles. The molecular formula is C20H29N5O. The summed E-state index contributed by atoms with van der Waals surface area (Å²) in [6, 6.07) is 6.87. The Morgan fingerprint density at radius 2 is 2.12 bits per heavy atom. The van der Waals surface area contributed by atoms with Gasteiger partial charge in [-0.15, -0.1) is 0 Å². The van der Waals surface area contributed by atoms with Crippen LogP contribution in [0.4, 0.5) is 0 Å². The minimum atomic E-state index is -0.0728. The fourth-order valence-electron chi connectivity index (χ4n) is 5.68. The SMILES string of the molecule is COc1ccc2c(c1)C13CCCCC1C(C2)N(C(=N)N(C)C(=N)N)CC3. The third kappa shape index (κ3) is 2.38. The number of hydrogen-bond acceptors (Lipinski definition) is 3. The molecule has 1 aromatic carbocycles. The van der Waals surface area contributed by atoms with Crippen LogP contribution >= 0.6 is 0 Å². The van der Waals surface area contributed by atoms with Crippen LogP contribution in [-0.2, 0) is 11.8 Å². The average Bonchev–Trinajstić information content (AvgIpc) is 2.66. The Morgan fingerprint density at radius 1 is 1.31 bits per heavy atom. The quantitative estimate of drug-likeness (QED) is 0.533. The number of guanidine groups is 2. The largest absolute Gasteiger partial charge is 0.497 e. The number of nitrogens with two attached hydrogens (primary N) is 1. The molecule has 0 amide bonds. The second kappa shape index (κ2) is 6.18. The minimum Gasteiger partial charge on any atom is -0.497 e. The van der Waals surface area contributed by atoms with Crippen molar-refractivity contribution in [3.05, 3.63) is 29.3 Å². The van der Waals surface area contributed by atoms with Crippen molar-refractivity contribution in [3.8, 4) is 5.75 Å². The highest BCUT2D eigenvalue weighted by Gasteiger charge is 2.54. The van der Waals surface area contributed by atoms with E-state index in [1.165, 1.54) is 41.7 Å². The van der Waals surface area contributed by atoms with Crippen LogP contribution in [0, 0.1) is 16.7 Å². The molecule has 2 fully saturated rings. The molecule has 0 radical (unpaired) electrons. The van der Waals surface area contributed by atoms with E-state index in [-0.39, 0.29) is 11.4 Å². The Balaban J connectivity index is 1.76. The Kier molecular flexibility index (Phi) is 4.09. The van der Waals surface area contributed by atoms with E-state index in [2.05, 4.69) is 23.1 Å². The molecule has 3 atom stereocenters. The molecule has 2 aliphatic carbocycles. The molecule has 0 spiro atoms. The number of hydrogen-bond donors (Lipinski definition) is 3. The number of ether oxygens (including phenoxy) is 1. The molecule has 1 heterocycles. The van der Waals surface area contributed by atoms with Crippen molar-refractivity contribution in [1.29, 1.82) is 10.8 Å². The molecule has 1 saturated heterocycles. The highest BCUT2D eigenvalue weighted by atomic mass is 16.5. The van der Waals surface area contributed by atoms with Crippen molar-refractivity contribution in [1.82, 2.24) is 9.80 Å². The predicted molar refractivity (Wildman–Crippen MR) is 103 cm³/mol. The summed E-state index contributed by atoms with van der Waals surface area (Å²) < 4.78 is 5.52. The molecule has 4 rings (SSSR count). The second-order valence-corrected chi connectivity index (χ2v) is 8.01. The molecule has 26 heavy (non-hydrogen) atoms. The lowest BCUT2D eigenvalue weighted by Gasteiger charge is -2.59. The number of piperidine rings is 1. The van der Waals surface area contributed by atoms with Crippen molar-refractivity contribution in [3.63, 3.8) is 0 Å². The van der Waals surface area contributed by atoms with Crippen LogP contribution in [0.2, 0.25) is 0 Å². The van der Waals surface area contributed by atoms with E-state index in [4.69, 9.17) is 21.3 Å². The summed E-state index contributed by atoms with van der Waals surface area (Å²) in [5, 5.41) is 16.3. The van der Waals surface area contributed by atoms with Gasteiger partial charge in [-0.1, -0.05) is 18.9 Å². The standard InChI is InChI=1S/C20H29N5O/c1-24(18(21)22)19(23)25-10-9-20-8-4-3-5-15(20)17(25)11-13-6-7-14(26-2)12-16(13)20/h6-7,12,15,17,23H,3-5,8-11H2,1-2H3,(H3,21,22). The normalized spacial score (nSPS) is 29.4. The Morgan fingerprint density at radius 3 is 2.85 bits per heavy atom. The van der Waals surface area contributed by atoms with E-state index in [0.29, 0.717) is 17.9 Å². The summed E-state index contributed by atoms with van der Waals surface area (Å²) >= 11 is 0. The van der Waals surface area contributed by atoms with Crippen molar-refractivity contribution in [2.45, 2.75) is 50.0 Å². The molecule has 4 N–H and O–H groups in total. The number of likely N-dealkylation sites (tertiary alicyclic amines) is 1. The van der Waals surface area contributed by atoms with Crippen LogP contribution in [0.3, 0.4) is 0 Å². The van der Waals surface area contributed by atoms with Gasteiger partial charge in [-0.25, -0.2) is 0 Å². The Bertz CT molecular complexity index is 748.